The number of benzene rings is 1. The largest absolute Gasteiger partial charge is 0.492 e. The van der Waals surface area contributed by atoms with Gasteiger partial charge in [-0.25, -0.2) is 0 Å². The Morgan fingerprint density at radius 2 is 2.29 bits per heavy atom. The van der Waals surface area contributed by atoms with Gasteiger partial charge in [0.25, 0.3) is 0 Å². The molecule has 0 radical (unpaired) electrons. The van der Waals surface area contributed by atoms with E-state index in [4.69, 9.17) is 21.4 Å². The Labute approximate surface area is 97.0 Å². The van der Waals surface area contributed by atoms with Crippen molar-refractivity contribution in [3.63, 3.8) is 0 Å². The quantitative estimate of drug-likeness (QED) is 0.917. The van der Waals surface area contributed by atoms with Crippen LogP contribution in [0, 0.1) is 5.92 Å². The summed E-state index contributed by atoms with van der Waals surface area (Å²) >= 11 is 9.25. The molecule has 0 aliphatic carbocycles. The summed E-state index contributed by atoms with van der Waals surface area (Å²) in [5.74, 6) is 0.756. The highest BCUT2D eigenvalue weighted by Crippen LogP contribution is 2.28. The molecule has 4 heteroatoms. The summed E-state index contributed by atoms with van der Waals surface area (Å²) in [5.41, 5.74) is 0. The predicted molar refractivity (Wildman–Crippen MR) is 60.9 cm³/mol. The topological polar surface area (TPSA) is 29.5 Å². The summed E-state index contributed by atoms with van der Waals surface area (Å²) in [4.78, 5) is 0. The molecule has 0 aliphatic rings. The van der Waals surface area contributed by atoms with Crippen LogP contribution in [0.15, 0.2) is 22.7 Å². The standard InChI is InChI=1S/C10H12BrClO2/c1-7(5-13)6-14-10-4-8(11)2-3-9(10)12/h2-4,7,13H,5-6H2,1H3. The average Bonchev–Trinajstić information content (AvgIpc) is 2.19. The molecular formula is C10H12BrClO2. The fraction of sp³-hybridized carbons (Fsp3) is 0.400. The van der Waals surface area contributed by atoms with E-state index in [0.29, 0.717) is 17.4 Å². The first kappa shape index (κ1) is 11.8. The third-order valence-electron chi connectivity index (χ3n) is 1.73. The molecule has 0 saturated carbocycles. The highest BCUT2D eigenvalue weighted by molar-refractivity contribution is 9.10. The van der Waals surface area contributed by atoms with Gasteiger partial charge in [-0.2, -0.15) is 0 Å². The summed E-state index contributed by atoms with van der Waals surface area (Å²) in [6.45, 7) is 2.49. The molecule has 0 amide bonds. The minimum atomic E-state index is 0.116. The summed E-state index contributed by atoms with van der Waals surface area (Å²) in [5, 5.41) is 9.40. The number of ether oxygens (including phenoxy) is 1. The molecule has 1 aromatic carbocycles. The second-order valence-corrected chi connectivity index (χ2v) is 4.50. The first-order valence-corrected chi connectivity index (χ1v) is 5.49. The summed E-state index contributed by atoms with van der Waals surface area (Å²) < 4.78 is 6.37. The van der Waals surface area contributed by atoms with E-state index in [2.05, 4.69) is 15.9 Å². The van der Waals surface area contributed by atoms with Crippen LogP contribution in [-0.2, 0) is 0 Å². The molecule has 1 N–H and O–H groups in total. The third-order valence-corrected chi connectivity index (χ3v) is 2.53. The molecule has 0 heterocycles. The van der Waals surface area contributed by atoms with Crippen LogP contribution >= 0.6 is 27.5 Å². The first-order chi connectivity index (χ1) is 6.63. The maximum atomic E-state index is 8.81. The number of aliphatic hydroxyl groups is 1. The Hall–Kier alpha value is -0.250. The normalized spacial score (nSPS) is 12.6. The van der Waals surface area contributed by atoms with Crippen LogP contribution in [0.3, 0.4) is 0 Å². The lowest BCUT2D eigenvalue weighted by Gasteiger charge is -2.11. The van der Waals surface area contributed by atoms with Crippen LogP contribution < -0.4 is 4.74 Å². The molecule has 78 valence electrons. The number of aliphatic hydroxyl groups excluding tert-OH is 1. The van der Waals surface area contributed by atoms with Crippen molar-refractivity contribution in [3.05, 3.63) is 27.7 Å². The Bertz CT molecular complexity index is 304. The number of hydrogen-bond acceptors (Lipinski definition) is 2. The van der Waals surface area contributed by atoms with Gasteiger partial charge in [0.05, 0.1) is 11.6 Å². The maximum absolute atomic E-state index is 8.81. The van der Waals surface area contributed by atoms with Gasteiger partial charge in [0.15, 0.2) is 0 Å². The molecular weight excluding hydrogens is 267 g/mol. The fourth-order valence-corrected chi connectivity index (χ4v) is 1.38. The Morgan fingerprint density at radius 1 is 1.57 bits per heavy atom. The minimum Gasteiger partial charge on any atom is -0.492 e. The lowest BCUT2D eigenvalue weighted by molar-refractivity contribution is 0.174. The van der Waals surface area contributed by atoms with Crippen LogP contribution in [0.1, 0.15) is 6.92 Å². The van der Waals surface area contributed by atoms with Gasteiger partial charge in [0.2, 0.25) is 0 Å². The monoisotopic (exact) mass is 278 g/mol. The zero-order valence-electron chi connectivity index (χ0n) is 7.84. The molecule has 0 fully saturated rings. The predicted octanol–water partition coefficient (Wildman–Crippen LogP) is 3.11. The molecule has 1 atom stereocenters. The third kappa shape index (κ3) is 3.48. The Kier molecular flexibility index (Phi) is 4.72. The molecule has 1 aromatic rings. The maximum Gasteiger partial charge on any atom is 0.139 e. The van der Waals surface area contributed by atoms with Crippen molar-refractivity contribution >= 4 is 27.5 Å². The molecule has 14 heavy (non-hydrogen) atoms. The number of rotatable bonds is 4. The van der Waals surface area contributed by atoms with Gasteiger partial charge in [0, 0.05) is 17.0 Å². The molecule has 1 rings (SSSR count). The van der Waals surface area contributed by atoms with E-state index in [-0.39, 0.29) is 12.5 Å². The molecule has 0 saturated heterocycles. The van der Waals surface area contributed by atoms with Crippen molar-refractivity contribution in [1.29, 1.82) is 0 Å². The van der Waals surface area contributed by atoms with Crippen LogP contribution in [0.4, 0.5) is 0 Å². The van der Waals surface area contributed by atoms with E-state index in [1.807, 2.05) is 19.1 Å². The molecule has 0 aromatic heterocycles. The SMILES string of the molecule is CC(CO)COc1cc(Br)ccc1Cl. The van der Waals surface area contributed by atoms with Crippen molar-refractivity contribution < 1.29 is 9.84 Å². The minimum absolute atomic E-state index is 0.116. The average molecular weight is 280 g/mol. The lowest BCUT2D eigenvalue weighted by atomic mass is 10.2. The van der Waals surface area contributed by atoms with Crippen molar-refractivity contribution in [1.82, 2.24) is 0 Å². The molecule has 2 nitrogen and oxygen atoms in total. The Balaban J connectivity index is 2.62. The zero-order valence-corrected chi connectivity index (χ0v) is 10.2. The molecule has 1 unspecified atom stereocenters. The van der Waals surface area contributed by atoms with Gasteiger partial charge in [-0.1, -0.05) is 34.5 Å². The lowest BCUT2D eigenvalue weighted by Crippen LogP contribution is -2.12. The van der Waals surface area contributed by atoms with Gasteiger partial charge in [-0.15, -0.1) is 0 Å². The van der Waals surface area contributed by atoms with Crippen molar-refractivity contribution in [2.24, 2.45) is 5.92 Å². The molecule has 0 bridgehead atoms. The number of halogens is 2. The summed E-state index contributed by atoms with van der Waals surface area (Å²) in [6.07, 6.45) is 0. The van der Waals surface area contributed by atoms with Crippen LogP contribution in [0.2, 0.25) is 5.02 Å². The summed E-state index contributed by atoms with van der Waals surface area (Å²) in [6, 6.07) is 5.43. The summed E-state index contributed by atoms with van der Waals surface area (Å²) in [7, 11) is 0. The second kappa shape index (κ2) is 5.59. The van der Waals surface area contributed by atoms with E-state index in [1.165, 1.54) is 0 Å². The highest BCUT2D eigenvalue weighted by atomic mass is 79.9. The zero-order chi connectivity index (χ0) is 10.6. The van der Waals surface area contributed by atoms with Crippen molar-refractivity contribution in [3.8, 4) is 5.75 Å². The van der Waals surface area contributed by atoms with E-state index < -0.39 is 0 Å². The second-order valence-electron chi connectivity index (χ2n) is 3.17. The van der Waals surface area contributed by atoms with Crippen molar-refractivity contribution in [2.45, 2.75) is 6.92 Å². The van der Waals surface area contributed by atoms with E-state index in [1.54, 1.807) is 6.07 Å². The van der Waals surface area contributed by atoms with E-state index >= 15 is 0 Å². The first-order valence-electron chi connectivity index (χ1n) is 4.32. The highest BCUT2D eigenvalue weighted by Gasteiger charge is 2.05. The smallest absolute Gasteiger partial charge is 0.139 e. The van der Waals surface area contributed by atoms with Gasteiger partial charge < -0.3 is 9.84 Å². The van der Waals surface area contributed by atoms with Crippen LogP contribution in [0.5, 0.6) is 5.75 Å². The van der Waals surface area contributed by atoms with E-state index in [9.17, 15) is 0 Å². The van der Waals surface area contributed by atoms with Gasteiger partial charge in [-0.05, 0) is 18.2 Å². The molecule has 0 aliphatic heterocycles. The van der Waals surface area contributed by atoms with Gasteiger partial charge in [0.1, 0.15) is 5.75 Å². The number of hydrogen-bond donors (Lipinski definition) is 1. The molecule has 0 spiro atoms. The van der Waals surface area contributed by atoms with Crippen LogP contribution in [-0.4, -0.2) is 18.3 Å². The van der Waals surface area contributed by atoms with Crippen molar-refractivity contribution in [2.75, 3.05) is 13.2 Å². The van der Waals surface area contributed by atoms with Gasteiger partial charge in [-0.3, -0.25) is 0 Å². The van der Waals surface area contributed by atoms with E-state index in [0.717, 1.165) is 4.47 Å². The fourth-order valence-electron chi connectivity index (χ4n) is 0.873. The van der Waals surface area contributed by atoms with Crippen LogP contribution in [0.25, 0.3) is 0 Å². The van der Waals surface area contributed by atoms with Gasteiger partial charge >= 0.3 is 0 Å². The Morgan fingerprint density at radius 3 is 2.93 bits per heavy atom.